The molecule has 0 fully saturated rings. The van der Waals surface area contributed by atoms with Gasteiger partial charge in [-0.3, -0.25) is 9.97 Å². The van der Waals surface area contributed by atoms with Crippen LogP contribution in [0.25, 0.3) is 16.6 Å². The molecule has 0 unspecified atom stereocenters. The van der Waals surface area contributed by atoms with E-state index in [1.54, 1.807) is 18.6 Å². The van der Waals surface area contributed by atoms with Crippen LogP contribution in [-0.4, -0.2) is 36.0 Å². The van der Waals surface area contributed by atoms with Gasteiger partial charge in [0.25, 0.3) is 0 Å². The first-order valence-electron chi connectivity index (χ1n) is 7.09. The summed E-state index contributed by atoms with van der Waals surface area (Å²) in [6.45, 7) is 9.88. The third-order valence-electron chi connectivity index (χ3n) is 3.61. The molecule has 1 aromatic heterocycles. The van der Waals surface area contributed by atoms with Gasteiger partial charge in [0.1, 0.15) is 0 Å². The molecule has 4 nitrogen and oxygen atoms in total. The fraction of sp³-hybridized carbons (Fsp3) is 0.222. The minimum absolute atomic E-state index is 0.875. The molecule has 4 heteroatoms. The van der Waals surface area contributed by atoms with Crippen molar-refractivity contribution < 1.29 is 0 Å². The second-order valence-electron chi connectivity index (χ2n) is 5.42. The van der Waals surface area contributed by atoms with Crippen LogP contribution >= 0.6 is 0 Å². The van der Waals surface area contributed by atoms with Crippen molar-refractivity contribution in [3.8, 4) is 0 Å². The number of benzene rings is 1. The van der Waals surface area contributed by atoms with Crippen LogP contribution in [0.1, 0.15) is 12.5 Å². The van der Waals surface area contributed by atoms with E-state index in [2.05, 4.69) is 41.0 Å². The van der Waals surface area contributed by atoms with Crippen molar-refractivity contribution >= 4 is 22.3 Å². The van der Waals surface area contributed by atoms with Gasteiger partial charge in [-0.05, 0) is 36.9 Å². The van der Waals surface area contributed by atoms with Crippen molar-refractivity contribution in [2.24, 2.45) is 0 Å². The summed E-state index contributed by atoms with van der Waals surface area (Å²) in [5, 5.41) is 0. The summed E-state index contributed by atoms with van der Waals surface area (Å²) < 4.78 is 0. The van der Waals surface area contributed by atoms with Crippen LogP contribution in [0, 0.1) is 0 Å². The van der Waals surface area contributed by atoms with E-state index in [1.807, 2.05) is 38.2 Å². The second-order valence-corrected chi connectivity index (χ2v) is 5.42. The van der Waals surface area contributed by atoms with Gasteiger partial charge >= 0.3 is 0 Å². The summed E-state index contributed by atoms with van der Waals surface area (Å²) in [5.41, 5.74) is 5.91. The fourth-order valence-corrected chi connectivity index (χ4v) is 2.17. The summed E-state index contributed by atoms with van der Waals surface area (Å²) >= 11 is 0. The maximum absolute atomic E-state index is 4.49. The van der Waals surface area contributed by atoms with E-state index >= 15 is 0 Å². The highest BCUT2D eigenvalue weighted by atomic mass is 15.1. The van der Waals surface area contributed by atoms with E-state index in [0.29, 0.717) is 0 Å². The Balaban J connectivity index is 2.60. The lowest BCUT2D eigenvalue weighted by Crippen LogP contribution is -2.09. The molecule has 0 spiro atoms. The molecule has 0 saturated carbocycles. The molecular formula is C18H22N4. The first-order chi connectivity index (χ1) is 10.4. The lowest BCUT2D eigenvalue weighted by atomic mass is 10.0. The Bertz CT molecular complexity index is 744. The largest absolute Gasteiger partial charge is 0.378 e. The Morgan fingerprint density at radius 1 is 1.14 bits per heavy atom. The number of fused-ring (bicyclic) bond motifs is 1. The van der Waals surface area contributed by atoms with Crippen LogP contribution in [-0.2, 0) is 0 Å². The first-order valence-corrected chi connectivity index (χ1v) is 7.09. The predicted molar refractivity (Wildman–Crippen MR) is 94.6 cm³/mol. The van der Waals surface area contributed by atoms with E-state index < -0.39 is 0 Å². The van der Waals surface area contributed by atoms with Crippen molar-refractivity contribution in [3.63, 3.8) is 0 Å². The number of allylic oxidation sites excluding steroid dienone is 2. The van der Waals surface area contributed by atoms with Crippen molar-refractivity contribution in [2.75, 3.05) is 26.0 Å². The van der Waals surface area contributed by atoms with Gasteiger partial charge in [-0.15, -0.1) is 0 Å². The van der Waals surface area contributed by atoms with Crippen molar-refractivity contribution in [1.29, 1.82) is 0 Å². The van der Waals surface area contributed by atoms with Crippen molar-refractivity contribution in [2.45, 2.75) is 6.92 Å². The minimum Gasteiger partial charge on any atom is -0.378 e. The molecule has 0 aliphatic carbocycles. The number of hydrogen-bond acceptors (Lipinski definition) is 4. The fourth-order valence-electron chi connectivity index (χ4n) is 2.17. The van der Waals surface area contributed by atoms with Gasteiger partial charge in [-0.25, -0.2) is 0 Å². The molecule has 0 radical (unpaired) electrons. The number of likely N-dealkylation sites (N-methyl/N-ethyl adjacent to an activating group) is 1. The van der Waals surface area contributed by atoms with Gasteiger partial charge in [-0.1, -0.05) is 13.2 Å². The number of rotatable bonds is 5. The molecule has 1 heterocycles. The molecule has 22 heavy (non-hydrogen) atoms. The van der Waals surface area contributed by atoms with Crippen LogP contribution in [0.5, 0.6) is 0 Å². The molecule has 1 aromatic carbocycles. The highest BCUT2D eigenvalue weighted by Crippen LogP contribution is 2.28. The zero-order chi connectivity index (χ0) is 16.3. The van der Waals surface area contributed by atoms with Gasteiger partial charge in [0, 0.05) is 50.5 Å². The zero-order valence-corrected chi connectivity index (χ0v) is 13.7. The Morgan fingerprint density at radius 2 is 1.82 bits per heavy atom. The Morgan fingerprint density at radius 3 is 2.45 bits per heavy atom. The summed E-state index contributed by atoms with van der Waals surface area (Å²) in [7, 11) is 5.96. The summed E-state index contributed by atoms with van der Waals surface area (Å²) in [4.78, 5) is 12.9. The van der Waals surface area contributed by atoms with Gasteiger partial charge in [-0.2, -0.15) is 0 Å². The van der Waals surface area contributed by atoms with Crippen molar-refractivity contribution in [1.82, 2.24) is 14.9 Å². The van der Waals surface area contributed by atoms with E-state index in [1.165, 1.54) is 0 Å². The SMILES string of the molecule is C=CN(C)C(=C)/C=C(\C)c1cc(N(C)C)cc2nccnc12. The third-order valence-corrected chi connectivity index (χ3v) is 3.61. The molecule has 0 bridgehead atoms. The topological polar surface area (TPSA) is 32.3 Å². The molecule has 0 N–H and O–H groups in total. The predicted octanol–water partition coefficient (Wildman–Crippen LogP) is 3.69. The van der Waals surface area contributed by atoms with Crippen LogP contribution in [0.15, 0.2) is 55.7 Å². The second kappa shape index (κ2) is 6.43. The molecule has 0 atom stereocenters. The minimum atomic E-state index is 0.875. The number of hydrogen-bond donors (Lipinski definition) is 0. The molecular weight excluding hydrogens is 272 g/mol. The highest BCUT2D eigenvalue weighted by molar-refractivity contribution is 5.91. The molecule has 0 aliphatic rings. The van der Waals surface area contributed by atoms with E-state index in [-0.39, 0.29) is 0 Å². The van der Waals surface area contributed by atoms with Crippen LogP contribution in [0.2, 0.25) is 0 Å². The number of nitrogens with zero attached hydrogens (tertiary/aromatic N) is 4. The number of aromatic nitrogens is 2. The van der Waals surface area contributed by atoms with E-state index in [9.17, 15) is 0 Å². The van der Waals surface area contributed by atoms with Gasteiger partial charge in [0.2, 0.25) is 0 Å². The van der Waals surface area contributed by atoms with Crippen LogP contribution in [0.3, 0.4) is 0 Å². The first kappa shape index (κ1) is 15.8. The Labute approximate surface area is 132 Å². The standard InChI is InChI=1S/C18H22N4/c1-7-22(6)14(3)10-13(2)16-11-15(21(4)5)12-17-18(16)20-9-8-19-17/h7-12H,1,3H2,2,4-6H3/b13-10+. The lowest BCUT2D eigenvalue weighted by Gasteiger charge is -2.17. The molecule has 0 saturated heterocycles. The maximum Gasteiger partial charge on any atom is 0.0963 e. The summed E-state index contributed by atoms with van der Waals surface area (Å²) in [5.74, 6) is 0. The summed E-state index contributed by atoms with van der Waals surface area (Å²) in [6, 6.07) is 4.17. The molecule has 0 aliphatic heterocycles. The monoisotopic (exact) mass is 294 g/mol. The van der Waals surface area contributed by atoms with Crippen LogP contribution in [0.4, 0.5) is 5.69 Å². The molecule has 2 rings (SSSR count). The lowest BCUT2D eigenvalue weighted by molar-refractivity contribution is 0.594. The quantitative estimate of drug-likeness (QED) is 0.787. The maximum atomic E-state index is 4.49. The number of anilines is 1. The van der Waals surface area contributed by atoms with Gasteiger partial charge < -0.3 is 9.80 Å². The van der Waals surface area contributed by atoms with E-state index in [4.69, 9.17) is 0 Å². The van der Waals surface area contributed by atoms with Crippen LogP contribution < -0.4 is 4.90 Å². The Kier molecular flexibility index (Phi) is 4.61. The van der Waals surface area contributed by atoms with E-state index in [0.717, 1.165) is 33.6 Å². The summed E-state index contributed by atoms with van der Waals surface area (Å²) in [6.07, 6.45) is 7.21. The molecule has 114 valence electrons. The average Bonchev–Trinajstić information content (AvgIpc) is 2.52. The Hall–Kier alpha value is -2.62. The zero-order valence-electron chi connectivity index (χ0n) is 13.7. The highest BCUT2D eigenvalue weighted by Gasteiger charge is 2.09. The molecule has 0 amide bonds. The van der Waals surface area contributed by atoms with Crippen molar-refractivity contribution in [3.05, 3.63) is 61.2 Å². The molecule has 2 aromatic rings. The van der Waals surface area contributed by atoms with Gasteiger partial charge in [0.05, 0.1) is 11.0 Å². The van der Waals surface area contributed by atoms with Gasteiger partial charge in [0.15, 0.2) is 0 Å². The average molecular weight is 294 g/mol. The smallest absolute Gasteiger partial charge is 0.0963 e. The third kappa shape index (κ3) is 3.17. The normalized spacial score (nSPS) is 11.4.